The molecule has 0 aliphatic carbocycles. The maximum absolute atomic E-state index is 5.84. The molecule has 0 unspecified atom stereocenters. The number of hydrogen-bond acceptors (Lipinski definition) is 5. The van der Waals surface area contributed by atoms with E-state index in [1.807, 2.05) is 42.5 Å². The van der Waals surface area contributed by atoms with Crippen molar-refractivity contribution < 1.29 is 9.47 Å². The lowest BCUT2D eigenvalue weighted by atomic mass is 10.2. The molecule has 5 heteroatoms. The number of anilines is 1. The average molecular weight is 311 g/mol. The molecule has 5 nitrogen and oxygen atoms in total. The molecule has 0 spiro atoms. The molecule has 23 heavy (non-hydrogen) atoms. The molecule has 2 N–H and O–H groups in total. The number of morpholine rings is 1. The molecule has 0 bridgehead atoms. The van der Waals surface area contributed by atoms with Gasteiger partial charge in [-0.15, -0.1) is 0 Å². The molecule has 0 amide bonds. The molecule has 1 aromatic heterocycles. The van der Waals surface area contributed by atoms with Gasteiger partial charge in [-0.1, -0.05) is 30.3 Å². The van der Waals surface area contributed by atoms with Gasteiger partial charge in [0.25, 0.3) is 0 Å². The number of rotatable bonds is 5. The van der Waals surface area contributed by atoms with E-state index < -0.39 is 0 Å². The summed E-state index contributed by atoms with van der Waals surface area (Å²) in [5.41, 5.74) is 8.69. The van der Waals surface area contributed by atoms with Crippen molar-refractivity contribution in [2.24, 2.45) is 5.73 Å². The molecule has 0 radical (unpaired) electrons. The SMILES string of the molecule is N/C=C(/OCc1ccccc1)c1cc(N2CCOCC2)ccn1. The van der Waals surface area contributed by atoms with Crippen LogP contribution in [0.4, 0.5) is 5.69 Å². The second kappa shape index (κ2) is 7.65. The van der Waals surface area contributed by atoms with E-state index in [-0.39, 0.29) is 0 Å². The van der Waals surface area contributed by atoms with E-state index in [4.69, 9.17) is 15.2 Å². The van der Waals surface area contributed by atoms with E-state index in [0.29, 0.717) is 12.4 Å². The summed E-state index contributed by atoms with van der Waals surface area (Å²) in [5.74, 6) is 0.587. The Balaban J connectivity index is 1.71. The fourth-order valence-corrected chi connectivity index (χ4v) is 2.52. The third kappa shape index (κ3) is 4.02. The Morgan fingerprint density at radius 2 is 2.00 bits per heavy atom. The van der Waals surface area contributed by atoms with Gasteiger partial charge in [0.2, 0.25) is 0 Å². The zero-order valence-corrected chi connectivity index (χ0v) is 13.0. The molecular formula is C18H21N3O2. The minimum atomic E-state index is 0.466. The summed E-state index contributed by atoms with van der Waals surface area (Å²) >= 11 is 0. The number of ether oxygens (including phenoxy) is 2. The van der Waals surface area contributed by atoms with Crippen LogP contribution in [-0.4, -0.2) is 31.3 Å². The third-order valence-corrected chi connectivity index (χ3v) is 3.76. The topological polar surface area (TPSA) is 60.6 Å². The highest BCUT2D eigenvalue weighted by Gasteiger charge is 2.13. The van der Waals surface area contributed by atoms with Gasteiger partial charge in [-0.25, -0.2) is 0 Å². The molecule has 1 fully saturated rings. The van der Waals surface area contributed by atoms with Crippen molar-refractivity contribution in [3.05, 3.63) is 66.1 Å². The van der Waals surface area contributed by atoms with Crippen molar-refractivity contribution in [1.29, 1.82) is 0 Å². The molecule has 3 rings (SSSR count). The molecule has 1 aliphatic rings. The van der Waals surface area contributed by atoms with E-state index >= 15 is 0 Å². The van der Waals surface area contributed by atoms with Crippen LogP contribution in [0.25, 0.3) is 5.76 Å². The third-order valence-electron chi connectivity index (χ3n) is 3.76. The average Bonchev–Trinajstić information content (AvgIpc) is 2.64. The van der Waals surface area contributed by atoms with Gasteiger partial charge in [-0.2, -0.15) is 0 Å². The fourth-order valence-electron chi connectivity index (χ4n) is 2.52. The van der Waals surface area contributed by atoms with Crippen LogP contribution in [0.2, 0.25) is 0 Å². The number of nitrogens with two attached hydrogens (primary N) is 1. The van der Waals surface area contributed by atoms with Gasteiger partial charge < -0.3 is 20.1 Å². The number of pyridine rings is 1. The van der Waals surface area contributed by atoms with Crippen molar-refractivity contribution in [2.45, 2.75) is 6.61 Å². The summed E-state index contributed by atoms with van der Waals surface area (Å²) in [6, 6.07) is 14.0. The second-order valence-corrected chi connectivity index (χ2v) is 5.30. The molecule has 1 aromatic carbocycles. The van der Waals surface area contributed by atoms with Crippen molar-refractivity contribution >= 4 is 11.4 Å². The molecule has 1 saturated heterocycles. The predicted molar refractivity (Wildman–Crippen MR) is 90.7 cm³/mol. The Labute approximate surface area is 136 Å². The molecule has 1 aliphatic heterocycles. The predicted octanol–water partition coefficient (Wildman–Crippen LogP) is 2.39. The first kappa shape index (κ1) is 15.4. The Bertz CT molecular complexity index is 652. The van der Waals surface area contributed by atoms with Gasteiger partial charge in [0.1, 0.15) is 12.3 Å². The van der Waals surface area contributed by atoms with Gasteiger partial charge in [0, 0.05) is 31.2 Å². The molecular weight excluding hydrogens is 290 g/mol. The van der Waals surface area contributed by atoms with Crippen LogP contribution < -0.4 is 10.6 Å². The van der Waals surface area contributed by atoms with Gasteiger partial charge in [-0.3, -0.25) is 4.98 Å². The normalized spacial score (nSPS) is 15.5. The number of nitrogens with zero attached hydrogens (tertiary/aromatic N) is 2. The molecule has 2 aromatic rings. The number of hydrogen-bond donors (Lipinski definition) is 1. The van der Waals surface area contributed by atoms with Gasteiger partial charge >= 0.3 is 0 Å². The largest absolute Gasteiger partial charge is 0.485 e. The smallest absolute Gasteiger partial charge is 0.160 e. The molecule has 0 atom stereocenters. The lowest BCUT2D eigenvalue weighted by Gasteiger charge is -2.29. The molecule has 2 heterocycles. The van der Waals surface area contributed by atoms with Gasteiger partial charge in [0.05, 0.1) is 13.2 Å². The van der Waals surface area contributed by atoms with E-state index in [0.717, 1.165) is 43.2 Å². The van der Waals surface area contributed by atoms with Crippen molar-refractivity contribution in [1.82, 2.24) is 4.98 Å². The summed E-state index contributed by atoms with van der Waals surface area (Å²) in [7, 11) is 0. The lowest BCUT2D eigenvalue weighted by molar-refractivity contribution is 0.122. The Kier molecular flexibility index (Phi) is 5.11. The van der Waals surface area contributed by atoms with Crippen LogP contribution >= 0.6 is 0 Å². The zero-order chi connectivity index (χ0) is 15.9. The van der Waals surface area contributed by atoms with Crippen LogP contribution in [0, 0.1) is 0 Å². The van der Waals surface area contributed by atoms with Crippen LogP contribution in [0.15, 0.2) is 54.9 Å². The first-order valence-corrected chi connectivity index (χ1v) is 7.74. The van der Waals surface area contributed by atoms with Crippen LogP contribution in [0.5, 0.6) is 0 Å². The summed E-state index contributed by atoms with van der Waals surface area (Å²) in [6.07, 6.45) is 3.25. The summed E-state index contributed by atoms with van der Waals surface area (Å²) in [5, 5.41) is 0. The Morgan fingerprint density at radius 1 is 1.22 bits per heavy atom. The summed E-state index contributed by atoms with van der Waals surface area (Å²) < 4.78 is 11.2. The Hall–Kier alpha value is -2.53. The van der Waals surface area contributed by atoms with Crippen molar-refractivity contribution in [3.63, 3.8) is 0 Å². The fraction of sp³-hybridized carbons (Fsp3) is 0.278. The maximum atomic E-state index is 5.84. The van der Waals surface area contributed by atoms with Gasteiger partial charge in [0.15, 0.2) is 5.76 Å². The van der Waals surface area contributed by atoms with Crippen LogP contribution in [0.1, 0.15) is 11.3 Å². The highest BCUT2D eigenvalue weighted by molar-refractivity contribution is 5.61. The lowest BCUT2D eigenvalue weighted by Crippen LogP contribution is -2.36. The minimum absolute atomic E-state index is 0.466. The summed E-state index contributed by atoms with van der Waals surface area (Å²) in [4.78, 5) is 6.66. The van der Waals surface area contributed by atoms with Crippen LogP contribution in [0.3, 0.4) is 0 Å². The van der Waals surface area contributed by atoms with E-state index in [1.165, 1.54) is 6.20 Å². The highest BCUT2D eigenvalue weighted by atomic mass is 16.5. The summed E-state index contributed by atoms with van der Waals surface area (Å²) in [6.45, 7) is 3.74. The molecule has 0 saturated carbocycles. The van der Waals surface area contributed by atoms with Crippen molar-refractivity contribution in [3.8, 4) is 0 Å². The number of benzene rings is 1. The monoisotopic (exact) mass is 311 g/mol. The highest BCUT2D eigenvalue weighted by Crippen LogP contribution is 2.21. The first-order valence-electron chi connectivity index (χ1n) is 7.74. The Morgan fingerprint density at radius 3 is 2.74 bits per heavy atom. The first-order chi connectivity index (χ1) is 11.4. The zero-order valence-electron chi connectivity index (χ0n) is 13.0. The van der Waals surface area contributed by atoms with E-state index in [2.05, 4.69) is 9.88 Å². The van der Waals surface area contributed by atoms with Crippen LogP contribution in [-0.2, 0) is 16.1 Å². The maximum Gasteiger partial charge on any atom is 0.160 e. The number of aromatic nitrogens is 1. The standard InChI is InChI=1S/C18H21N3O2/c19-13-18(23-14-15-4-2-1-3-5-15)17-12-16(6-7-20-17)21-8-10-22-11-9-21/h1-7,12-13H,8-11,14,19H2/b18-13+. The molecule has 120 valence electrons. The van der Waals surface area contributed by atoms with E-state index in [9.17, 15) is 0 Å². The quantitative estimate of drug-likeness (QED) is 0.859. The second-order valence-electron chi connectivity index (χ2n) is 5.30. The van der Waals surface area contributed by atoms with Gasteiger partial charge in [-0.05, 0) is 17.7 Å². The van der Waals surface area contributed by atoms with Crippen molar-refractivity contribution in [2.75, 3.05) is 31.2 Å². The van der Waals surface area contributed by atoms with E-state index in [1.54, 1.807) is 6.20 Å². The minimum Gasteiger partial charge on any atom is -0.485 e.